The molecule has 1 aromatic rings. The molecule has 3 heterocycles. The minimum Gasteiger partial charge on any atom is -0.397 e. The molecule has 3 saturated heterocycles. The van der Waals surface area contributed by atoms with Gasteiger partial charge in [0.2, 0.25) is 0 Å². The molecule has 0 aromatic heterocycles. The summed E-state index contributed by atoms with van der Waals surface area (Å²) in [6.45, 7) is 6.19. The van der Waals surface area contributed by atoms with Crippen molar-refractivity contribution in [3.63, 3.8) is 0 Å². The highest BCUT2D eigenvalue weighted by atomic mass is 16.7. The van der Waals surface area contributed by atoms with Gasteiger partial charge in [0, 0.05) is 55.7 Å². The number of nitrogens with zero attached hydrogens (tertiary/aromatic N) is 2. The van der Waals surface area contributed by atoms with Crippen molar-refractivity contribution >= 4 is 17.1 Å². The van der Waals surface area contributed by atoms with E-state index in [1.165, 1.54) is 18.5 Å². The third-order valence-corrected chi connectivity index (χ3v) is 6.66. The van der Waals surface area contributed by atoms with Gasteiger partial charge < -0.3 is 35.1 Å². The first kappa shape index (κ1) is 19.0. The zero-order chi connectivity index (χ0) is 20.1. The molecule has 0 amide bonds. The van der Waals surface area contributed by atoms with Crippen LogP contribution in [0.4, 0.5) is 11.4 Å². The van der Waals surface area contributed by atoms with Crippen LogP contribution in [0.15, 0.2) is 24.4 Å². The summed E-state index contributed by atoms with van der Waals surface area (Å²) in [6.07, 6.45) is 4.13. The van der Waals surface area contributed by atoms with Crippen molar-refractivity contribution in [1.82, 2.24) is 5.32 Å². The molecular formula is C22H32N4O3. The van der Waals surface area contributed by atoms with Gasteiger partial charge in [0.1, 0.15) is 0 Å². The number of rotatable bonds is 6. The summed E-state index contributed by atoms with van der Waals surface area (Å²) in [5.74, 6) is 0. The lowest BCUT2D eigenvalue weighted by atomic mass is 9.77. The molecule has 0 unspecified atom stereocenters. The van der Waals surface area contributed by atoms with Crippen molar-refractivity contribution in [3.05, 3.63) is 30.0 Å². The van der Waals surface area contributed by atoms with Gasteiger partial charge in [0.15, 0.2) is 6.29 Å². The fourth-order valence-corrected chi connectivity index (χ4v) is 4.41. The Morgan fingerprint density at radius 3 is 2.48 bits per heavy atom. The zero-order valence-corrected chi connectivity index (χ0v) is 17.4. The molecule has 1 aliphatic carbocycles. The average Bonchev–Trinajstić information content (AvgIpc) is 3.40. The number of hydrogen-bond acceptors (Lipinski definition) is 7. The molecular weight excluding hydrogens is 368 g/mol. The standard InChI is InChI=1S/C22H32N4O3/c1-25(2)19-7-16(26-10-22(11-26)12-27-13-22)3-4-17(19)18(23)8-24-9-20-28-14-21(5-6-21)15-29-20/h3-4,7-8,20,24H,5-6,9-15,23H2,1-2H3/b18-8-. The molecule has 5 rings (SSSR count). The first-order valence-electron chi connectivity index (χ1n) is 10.5. The lowest BCUT2D eigenvalue weighted by Crippen LogP contribution is -2.66. The molecule has 1 aromatic carbocycles. The van der Waals surface area contributed by atoms with Crippen LogP contribution in [-0.4, -0.2) is 66.4 Å². The molecule has 1 saturated carbocycles. The highest BCUT2D eigenvalue weighted by Gasteiger charge is 2.49. The maximum Gasteiger partial charge on any atom is 0.174 e. The Hall–Kier alpha value is -1.96. The Bertz CT molecular complexity index is 783. The Kier molecular flexibility index (Phi) is 4.64. The van der Waals surface area contributed by atoms with Crippen molar-refractivity contribution in [3.8, 4) is 0 Å². The summed E-state index contributed by atoms with van der Waals surface area (Å²) in [4.78, 5) is 4.53. The van der Waals surface area contributed by atoms with Crippen LogP contribution in [0, 0.1) is 10.8 Å². The second kappa shape index (κ2) is 7.07. The summed E-state index contributed by atoms with van der Waals surface area (Å²) in [5, 5.41) is 3.27. The number of anilines is 2. The van der Waals surface area contributed by atoms with Gasteiger partial charge in [-0.2, -0.15) is 0 Å². The van der Waals surface area contributed by atoms with Crippen LogP contribution >= 0.6 is 0 Å². The Labute approximate surface area is 172 Å². The molecule has 0 radical (unpaired) electrons. The zero-order valence-electron chi connectivity index (χ0n) is 17.4. The average molecular weight is 401 g/mol. The highest BCUT2D eigenvalue weighted by molar-refractivity contribution is 5.78. The number of ether oxygens (including phenoxy) is 3. The Morgan fingerprint density at radius 2 is 1.90 bits per heavy atom. The molecule has 0 atom stereocenters. The minimum absolute atomic E-state index is 0.199. The predicted octanol–water partition coefficient (Wildman–Crippen LogP) is 1.59. The van der Waals surface area contributed by atoms with Crippen molar-refractivity contribution in [2.45, 2.75) is 19.1 Å². The largest absolute Gasteiger partial charge is 0.397 e. The van der Waals surface area contributed by atoms with E-state index in [-0.39, 0.29) is 6.29 Å². The van der Waals surface area contributed by atoms with Gasteiger partial charge >= 0.3 is 0 Å². The van der Waals surface area contributed by atoms with Crippen molar-refractivity contribution in [1.29, 1.82) is 0 Å². The van der Waals surface area contributed by atoms with Gasteiger partial charge in [-0.25, -0.2) is 0 Å². The summed E-state index contributed by atoms with van der Waals surface area (Å²) in [7, 11) is 4.11. The fraction of sp³-hybridized carbons (Fsp3) is 0.636. The van der Waals surface area contributed by atoms with E-state index in [0.29, 0.717) is 23.1 Å². The van der Waals surface area contributed by atoms with Crippen LogP contribution in [-0.2, 0) is 14.2 Å². The first-order chi connectivity index (χ1) is 14.0. The lowest BCUT2D eigenvalue weighted by molar-refractivity contribution is -0.203. The lowest BCUT2D eigenvalue weighted by Gasteiger charge is -2.56. The molecule has 7 heteroatoms. The number of benzene rings is 1. The van der Waals surface area contributed by atoms with Crippen molar-refractivity contribution in [2.75, 3.05) is 70.0 Å². The summed E-state index contributed by atoms with van der Waals surface area (Å²) in [6, 6.07) is 6.51. The van der Waals surface area contributed by atoms with Crippen LogP contribution in [0.5, 0.6) is 0 Å². The van der Waals surface area contributed by atoms with E-state index >= 15 is 0 Å². The van der Waals surface area contributed by atoms with Gasteiger partial charge in [-0.15, -0.1) is 0 Å². The molecule has 2 spiro atoms. The van der Waals surface area contributed by atoms with Gasteiger partial charge in [-0.3, -0.25) is 0 Å². The van der Waals surface area contributed by atoms with E-state index < -0.39 is 0 Å². The van der Waals surface area contributed by atoms with Crippen LogP contribution < -0.4 is 20.9 Å². The molecule has 7 nitrogen and oxygen atoms in total. The van der Waals surface area contributed by atoms with Crippen LogP contribution in [0.2, 0.25) is 0 Å². The SMILES string of the molecule is CN(C)c1cc(N2CC3(COC3)C2)ccc1/C(N)=C/NCC1OCC2(CC2)CO1. The highest BCUT2D eigenvalue weighted by Crippen LogP contribution is 2.48. The third kappa shape index (κ3) is 3.67. The maximum absolute atomic E-state index is 6.41. The van der Waals surface area contributed by atoms with E-state index in [4.69, 9.17) is 19.9 Å². The summed E-state index contributed by atoms with van der Waals surface area (Å²) >= 11 is 0. The Morgan fingerprint density at radius 1 is 1.17 bits per heavy atom. The van der Waals surface area contributed by atoms with Crippen LogP contribution in [0.1, 0.15) is 18.4 Å². The van der Waals surface area contributed by atoms with Gasteiger partial charge in [0.25, 0.3) is 0 Å². The predicted molar refractivity (Wildman–Crippen MR) is 114 cm³/mol. The molecule has 29 heavy (non-hydrogen) atoms. The van der Waals surface area contributed by atoms with E-state index in [1.807, 2.05) is 6.20 Å². The first-order valence-corrected chi connectivity index (χ1v) is 10.5. The maximum atomic E-state index is 6.41. The van der Waals surface area contributed by atoms with Crippen molar-refractivity contribution < 1.29 is 14.2 Å². The Balaban J connectivity index is 1.21. The molecule has 3 N–H and O–H groups in total. The number of nitrogens with two attached hydrogens (primary N) is 1. The van der Waals surface area contributed by atoms with Gasteiger partial charge in [-0.05, 0) is 31.0 Å². The third-order valence-electron chi connectivity index (χ3n) is 6.66. The van der Waals surface area contributed by atoms with Gasteiger partial charge in [0.05, 0.1) is 44.1 Å². The summed E-state index contributed by atoms with van der Waals surface area (Å²) in [5.41, 5.74) is 11.2. The molecule has 158 valence electrons. The smallest absolute Gasteiger partial charge is 0.174 e. The molecule has 4 fully saturated rings. The van der Waals surface area contributed by atoms with E-state index in [9.17, 15) is 0 Å². The molecule has 3 aliphatic heterocycles. The van der Waals surface area contributed by atoms with Gasteiger partial charge in [-0.1, -0.05) is 0 Å². The second-order valence-electron chi connectivity index (χ2n) is 9.50. The second-order valence-corrected chi connectivity index (χ2v) is 9.50. The van der Waals surface area contributed by atoms with E-state index in [1.54, 1.807) is 0 Å². The monoisotopic (exact) mass is 400 g/mol. The van der Waals surface area contributed by atoms with Crippen molar-refractivity contribution in [2.24, 2.45) is 16.6 Å². The molecule has 4 aliphatic rings. The van der Waals surface area contributed by atoms with E-state index in [2.05, 4.69) is 47.4 Å². The fourth-order valence-electron chi connectivity index (χ4n) is 4.41. The number of hydrogen-bond donors (Lipinski definition) is 2. The normalized spacial score (nSPS) is 24.9. The minimum atomic E-state index is -0.199. The van der Waals surface area contributed by atoms with Crippen LogP contribution in [0.3, 0.4) is 0 Å². The van der Waals surface area contributed by atoms with E-state index in [0.717, 1.165) is 50.8 Å². The summed E-state index contributed by atoms with van der Waals surface area (Å²) < 4.78 is 17.0. The number of nitrogens with one attached hydrogen (secondary N) is 1. The molecule has 0 bridgehead atoms. The quantitative estimate of drug-likeness (QED) is 0.751. The van der Waals surface area contributed by atoms with Crippen LogP contribution in [0.25, 0.3) is 5.70 Å². The topological polar surface area (TPSA) is 72.2 Å².